The van der Waals surface area contributed by atoms with Crippen molar-refractivity contribution in [3.05, 3.63) is 36.4 Å². The number of carbonyl (C=O) groups is 1. The molecule has 0 aliphatic heterocycles. The second-order valence-electron chi connectivity index (χ2n) is 8.08. The fraction of sp³-hybridized carbons (Fsp3) is 0.542. The first-order valence-corrected chi connectivity index (χ1v) is 10.6. The molecule has 3 atom stereocenters. The minimum absolute atomic E-state index is 0.0263. The molecule has 0 aromatic heterocycles. The van der Waals surface area contributed by atoms with E-state index >= 15 is 0 Å². The molecule has 0 bridgehead atoms. The number of rotatable bonds is 7. The van der Waals surface area contributed by atoms with E-state index in [0.29, 0.717) is 12.5 Å². The molecule has 0 spiro atoms. The van der Waals surface area contributed by atoms with Crippen LogP contribution in [0.4, 0.5) is 5.69 Å². The average molecular weight is 384 g/mol. The number of hydrogen-bond donors (Lipinski definition) is 1. The lowest BCUT2D eigenvalue weighted by Gasteiger charge is -2.38. The number of benzene rings is 2. The van der Waals surface area contributed by atoms with E-state index in [9.17, 15) is 4.79 Å². The number of anilines is 1. The Kier molecular flexibility index (Phi) is 6.61. The zero-order chi connectivity index (χ0) is 20.1. The Morgan fingerprint density at radius 2 is 1.96 bits per heavy atom. The second kappa shape index (κ2) is 8.95. The first-order valence-electron chi connectivity index (χ1n) is 10.6. The number of ether oxygens (including phenoxy) is 2. The van der Waals surface area contributed by atoms with Gasteiger partial charge >= 0.3 is 0 Å². The van der Waals surface area contributed by atoms with Gasteiger partial charge in [0.1, 0.15) is 11.4 Å². The van der Waals surface area contributed by atoms with Gasteiger partial charge in [-0.1, -0.05) is 44.5 Å². The predicted octanol–water partition coefficient (Wildman–Crippen LogP) is 5.94. The molecule has 0 unspecified atom stereocenters. The van der Waals surface area contributed by atoms with Gasteiger partial charge in [0, 0.05) is 23.1 Å². The molecule has 1 saturated carbocycles. The number of hydrogen-bond acceptors (Lipinski definition) is 3. The number of fused-ring (bicyclic) bond motifs is 1. The molecule has 28 heavy (non-hydrogen) atoms. The summed E-state index contributed by atoms with van der Waals surface area (Å²) < 4.78 is 12.1. The van der Waals surface area contributed by atoms with E-state index in [1.165, 1.54) is 0 Å². The molecule has 3 rings (SSSR count). The number of nitrogens with one attached hydrogen (secondary N) is 1. The molecular formula is C24H33NO3. The van der Waals surface area contributed by atoms with Crippen LogP contribution in [-0.2, 0) is 9.53 Å². The fourth-order valence-corrected chi connectivity index (χ4v) is 4.20. The Balaban J connectivity index is 1.91. The maximum Gasteiger partial charge on any atom is 0.256 e. The third-order valence-electron chi connectivity index (χ3n) is 5.83. The molecule has 2 aromatic carbocycles. The summed E-state index contributed by atoms with van der Waals surface area (Å²) in [5.41, 5.74) is 0.0915. The van der Waals surface area contributed by atoms with Crippen LogP contribution in [0.3, 0.4) is 0 Å². The standard InChI is InChI=1S/C24H33NO3/c1-5-18(4)28-22-14-13-21(19-11-7-8-12-20(19)22)25-23(26)24(27-6-2)15-9-10-17(3)16-24/h7-8,11-14,17-18H,5-6,9-10,15-16H2,1-4H3,(H,25,26)/t17-,18+,24+/m0/s1. The summed E-state index contributed by atoms with van der Waals surface area (Å²) in [6.45, 7) is 8.89. The van der Waals surface area contributed by atoms with Gasteiger partial charge in [-0.3, -0.25) is 4.79 Å². The molecule has 4 heteroatoms. The summed E-state index contributed by atoms with van der Waals surface area (Å²) >= 11 is 0. The van der Waals surface area contributed by atoms with E-state index < -0.39 is 5.60 Å². The fourth-order valence-electron chi connectivity index (χ4n) is 4.20. The molecule has 0 saturated heterocycles. The second-order valence-corrected chi connectivity index (χ2v) is 8.08. The van der Waals surface area contributed by atoms with Crippen molar-refractivity contribution in [2.24, 2.45) is 5.92 Å². The number of amides is 1. The van der Waals surface area contributed by atoms with Gasteiger partial charge in [0.2, 0.25) is 0 Å². The van der Waals surface area contributed by atoms with E-state index in [-0.39, 0.29) is 12.0 Å². The van der Waals surface area contributed by atoms with Gasteiger partial charge in [0.05, 0.1) is 6.10 Å². The van der Waals surface area contributed by atoms with Crippen molar-refractivity contribution in [2.45, 2.75) is 71.5 Å². The van der Waals surface area contributed by atoms with Crippen molar-refractivity contribution < 1.29 is 14.3 Å². The Hall–Kier alpha value is -2.07. The summed E-state index contributed by atoms with van der Waals surface area (Å²) in [5, 5.41) is 5.19. The molecule has 152 valence electrons. The highest BCUT2D eigenvalue weighted by Gasteiger charge is 2.42. The largest absolute Gasteiger partial charge is 0.490 e. The first kappa shape index (κ1) is 20.7. The first-order chi connectivity index (χ1) is 13.5. The predicted molar refractivity (Wildman–Crippen MR) is 115 cm³/mol. The Morgan fingerprint density at radius 3 is 2.64 bits per heavy atom. The Morgan fingerprint density at radius 1 is 1.21 bits per heavy atom. The van der Waals surface area contributed by atoms with Crippen molar-refractivity contribution in [2.75, 3.05) is 11.9 Å². The van der Waals surface area contributed by atoms with E-state index in [4.69, 9.17) is 9.47 Å². The van der Waals surface area contributed by atoms with Crippen LogP contribution in [0.1, 0.15) is 59.8 Å². The average Bonchev–Trinajstić information content (AvgIpc) is 2.69. The quantitative estimate of drug-likeness (QED) is 0.643. The zero-order valence-electron chi connectivity index (χ0n) is 17.6. The topological polar surface area (TPSA) is 47.6 Å². The summed E-state index contributed by atoms with van der Waals surface area (Å²) in [5.74, 6) is 1.32. The van der Waals surface area contributed by atoms with Crippen LogP contribution in [0.2, 0.25) is 0 Å². The monoisotopic (exact) mass is 383 g/mol. The SMILES string of the molecule is CCO[C@]1(C(=O)Nc2ccc(O[C@H](C)CC)c3ccccc23)CCC[C@H](C)C1. The van der Waals surface area contributed by atoms with Crippen LogP contribution in [0.5, 0.6) is 5.75 Å². The molecule has 2 aromatic rings. The van der Waals surface area contributed by atoms with E-state index in [2.05, 4.69) is 26.1 Å². The summed E-state index contributed by atoms with van der Waals surface area (Å²) in [6.07, 6.45) is 4.84. The molecule has 4 nitrogen and oxygen atoms in total. The van der Waals surface area contributed by atoms with E-state index in [1.54, 1.807) is 0 Å². The normalized spacial score (nSPS) is 23.4. The highest BCUT2D eigenvalue weighted by molar-refractivity contribution is 6.06. The zero-order valence-corrected chi connectivity index (χ0v) is 17.6. The van der Waals surface area contributed by atoms with Gasteiger partial charge in [-0.15, -0.1) is 0 Å². The minimum atomic E-state index is -0.723. The lowest BCUT2D eigenvalue weighted by atomic mass is 9.78. The van der Waals surface area contributed by atoms with Crippen molar-refractivity contribution in [1.82, 2.24) is 0 Å². The lowest BCUT2D eigenvalue weighted by Crippen LogP contribution is -2.48. The third kappa shape index (κ3) is 4.33. The Labute approximate surface area is 168 Å². The maximum absolute atomic E-state index is 13.3. The van der Waals surface area contributed by atoms with Gasteiger partial charge in [-0.05, 0) is 57.6 Å². The number of carbonyl (C=O) groups excluding carboxylic acids is 1. The smallest absolute Gasteiger partial charge is 0.256 e. The molecule has 1 fully saturated rings. The van der Waals surface area contributed by atoms with Gasteiger partial charge in [-0.25, -0.2) is 0 Å². The highest BCUT2D eigenvalue weighted by atomic mass is 16.5. The minimum Gasteiger partial charge on any atom is -0.490 e. The van der Waals surface area contributed by atoms with Crippen LogP contribution < -0.4 is 10.1 Å². The molecule has 1 N–H and O–H groups in total. The summed E-state index contributed by atoms with van der Waals surface area (Å²) in [7, 11) is 0. The molecule has 1 aliphatic rings. The molecule has 0 heterocycles. The van der Waals surface area contributed by atoms with Gasteiger partial charge in [0.15, 0.2) is 0 Å². The van der Waals surface area contributed by atoms with E-state index in [0.717, 1.165) is 54.3 Å². The van der Waals surface area contributed by atoms with Gasteiger partial charge in [-0.2, -0.15) is 0 Å². The van der Waals surface area contributed by atoms with Crippen molar-refractivity contribution in [1.29, 1.82) is 0 Å². The van der Waals surface area contributed by atoms with Crippen LogP contribution in [0.15, 0.2) is 36.4 Å². The van der Waals surface area contributed by atoms with Crippen LogP contribution >= 0.6 is 0 Å². The van der Waals surface area contributed by atoms with E-state index in [1.807, 2.05) is 43.3 Å². The van der Waals surface area contributed by atoms with Crippen LogP contribution in [-0.4, -0.2) is 24.2 Å². The third-order valence-corrected chi connectivity index (χ3v) is 5.83. The summed E-state index contributed by atoms with van der Waals surface area (Å²) in [4.78, 5) is 13.3. The van der Waals surface area contributed by atoms with Crippen LogP contribution in [0, 0.1) is 5.92 Å². The lowest BCUT2D eigenvalue weighted by molar-refractivity contribution is -0.147. The van der Waals surface area contributed by atoms with Gasteiger partial charge in [0.25, 0.3) is 5.91 Å². The van der Waals surface area contributed by atoms with Gasteiger partial charge < -0.3 is 14.8 Å². The van der Waals surface area contributed by atoms with Crippen molar-refractivity contribution in [3.63, 3.8) is 0 Å². The molecule has 1 aliphatic carbocycles. The molecule has 0 radical (unpaired) electrons. The van der Waals surface area contributed by atoms with Crippen molar-refractivity contribution in [3.8, 4) is 5.75 Å². The maximum atomic E-state index is 13.3. The van der Waals surface area contributed by atoms with Crippen molar-refractivity contribution >= 4 is 22.4 Å². The Bertz CT molecular complexity index is 815. The summed E-state index contributed by atoms with van der Waals surface area (Å²) in [6, 6.07) is 12.0. The molecular weight excluding hydrogens is 350 g/mol. The molecule has 1 amide bonds. The van der Waals surface area contributed by atoms with Crippen LogP contribution in [0.25, 0.3) is 10.8 Å². The highest BCUT2D eigenvalue weighted by Crippen LogP contribution is 2.38.